The molecule has 0 spiro atoms. The Morgan fingerprint density at radius 3 is 2.57 bits per heavy atom. The minimum atomic E-state index is -0.262. The highest BCUT2D eigenvalue weighted by molar-refractivity contribution is 5.97. The number of esters is 1. The lowest BCUT2D eigenvalue weighted by molar-refractivity contribution is -0.130. The summed E-state index contributed by atoms with van der Waals surface area (Å²) in [5, 5.41) is 0. The van der Waals surface area contributed by atoms with Crippen molar-refractivity contribution >= 4 is 17.7 Å². The van der Waals surface area contributed by atoms with Crippen molar-refractivity contribution in [3.8, 4) is 5.75 Å². The molecule has 0 radical (unpaired) electrons. The van der Waals surface area contributed by atoms with Crippen LogP contribution in [0.3, 0.4) is 0 Å². The highest BCUT2D eigenvalue weighted by Gasteiger charge is 2.22. The lowest BCUT2D eigenvalue weighted by Crippen LogP contribution is -2.20. The molecule has 0 N–H and O–H groups in total. The van der Waals surface area contributed by atoms with Gasteiger partial charge in [0.15, 0.2) is 0 Å². The van der Waals surface area contributed by atoms with E-state index in [-0.39, 0.29) is 5.97 Å². The minimum Gasteiger partial charge on any atom is -0.423 e. The van der Waals surface area contributed by atoms with Crippen molar-refractivity contribution in [3.63, 3.8) is 0 Å². The molecule has 0 atom stereocenters. The first kappa shape index (κ1) is 13.4. The largest absolute Gasteiger partial charge is 0.423 e. The first-order valence-electron chi connectivity index (χ1n) is 6.91. The molecule has 0 amide bonds. The molecule has 0 aliphatic carbocycles. The van der Waals surface area contributed by atoms with E-state index in [1.54, 1.807) is 0 Å². The average molecular weight is 279 g/mol. The SMILES string of the molecule is CN(C)c1ccc2c(c1)OC(=O)C(=Cc1ccccc1)C2. The molecule has 1 heterocycles. The van der Waals surface area contributed by atoms with Crippen LogP contribution in [0.4, 0.5) is 5.69 Å². The number of rotatable bonds is 2. The monoisotopic (exact) mass is 279 g/mol. The van der Waals surface area contributed by atoms with Crippen LogP contribution in [0.5, 0.6) is 5.75 Å². The van der Waals surface area contributed by atoms with Gasteiger partial charge in [-0.05, 0) is 23.3 Å². The van der Waals surface area contributed by atoms with Gasteiger partial charge in [0, 0.05) is 37.8 Å². The lowest BCUT2D eigenvalue weighted by Gasteiger charge is -2.21. The predicted molar refractivity (Wildman–Crippen MR) is 84.5 cm³/mol. The Kier molecular flexibility index (Phi) is 3.48. The highest BCUT2D eigenvalue weighted by atomic mass is 16.5. The summed E-state index contributed by atoms with van der Waals surface area (Å²) >= 11 is 0. The number of ether oxygens (including phenoxy) is 1. The van der Waals surface area contributed by atoms with Crippen LogP contribution in [0.2, 0.25) is 0 Å². The number of nitrogens with zero attached hydrogens (tertiary/aromatic N) is 1. The van der Waals surface area contributed by atoms with Crippen LogP contribution >= 0.6 is 0 Å². The smallest absolute Gasteiger partial charge is 0.339 e. The maximum atomic E-state index is 12.1. The second-order valence-corrected chi connectivity index (χ2v) is 5.33. The molecule has 21 heavy (non-hydrogen) atoms. The summed E-state index contributed by atoms with van der Waals surface area (Å²) in [7, 11) is 3.93. The third-order valence-corrected chi connectivity index (χ3v) is 3.55. The van der Waals surface area contributed by atoms with Gasteiger partial charge in [0.1, 0.15) is 5.75 Å². The Labute approximate surface area is 124 Å². The summed E-state index contributed by atoms with van der Waals surface area (Å²) in [5.41, 5.74) is 3.77. The number of hydrogen-bond donors (Lipinski definition) is 0. The molecule has 3 rings (SSSR count). The lowest BCUT2D eigenvalue weighted by atomic mass is 9.99. The van der Waals surface area contributed by atoms with Crippen LogP contribution in [-0.4, -0.2) is 20.1 Å². The van der Waals surface area contributed by atoms with E-state index >= 15 is 0 Å². The van der Waals surface area contributed by atoms with E-state index in [4.69, 9.17) is 4.74 Å². The van der Waals surface area contributed by atoms with Gasteiger partial charge < -0.3 is 9.64 Å². The fourth-order valence-corrected chi connectivity index (χ4v) is 2.37. The van der Waals surface area contributed by atoms with Gasteiger partial charge in [-0.1, -0.05) is 36.4 Å². The van der Waals surface area contributed by atoms with Crippen molar-refractivity contribution < 1.29 is 9.53 Å². The van der Waals surface area contributed by atoms with Gasteiger partial charge in [0.05, 0.1) is 0 Å². The van der Waals surface area contributed by atoms with Crippen LogP contribution in [-0.2, 0) is 11.2 Å². The van der Waals surface area contributed by atoms with Gasteiger partial charge in [0.2, 0.25) is 0 Å². The third-order valence-electron chi connectivity index (χ3n) is 3.55. The van der Waals surface area contributed by atoms with Crippen molar-refractivity contribution in [2.75, 3.05) is 19.0 Å². The molecule has 2 aromatic carbocycles. The second kappa shape index (κ2) is 5.44. The van der Waals surface area contributed by atoms with E-state index in [0.717, 1.165) is 16.8 Å². The standard InChI is InChI=1S/C18H17NO2/c1-19(2)16-9-8-14-11-15(18(20)21-17(14)12-16)10-13-6-4-3-5-7-13/h3-10,12H,11H2,1-2H3. The van der Waals surface area contributed by atoms with Crippen molar-refractivity contribution in [1.29, 1.82) is 0 Å². The molecule has 1 aliphatic heterocycles. The molecule has 0 aromatic heterocycles. The molecule has 0 saturated carbocycles. The van der Waals surface area contributed by atoms with Gasteiger partial charge in [0.25, 0.3) is 0 Å². The Hall–Kier alpha value is -2.55. The van der Waals surface area contributed by atoms with Crippen molar-refractivity contribution in [2.45, 2.75) is 6.42 Å². The number of fused-ring (bicyclic) bond motifs is 1. The normalized spacial score (nSPS) is 15.5. The molecule has 3 nitrogen and oxygen atoms in total. The summed E-state index contributed by atoms with van der Waals surface area (Å²) in [6, 6.07) is 15.8. The maximum absolute atomic E-state index is 12.1. The molecular formula is C18H17NO2. The van der Waals surface area contributed by atoms with Gasteiger partial charge >= 0.3 is 5.97 Å². The zero-order valence-electron chi connectivity index (χ0n) is 12.2. The summed E-state index contributed by atoms with van der Waals surface area (Å²) in [6.45, 7) is 0. The number of carbonyl (C=O) groups is 1. The second-order valence-electron chi connectivity index (χ2n) is 5.33. The number of benzene rings is 2. The van der Waals surface area contributed by atoms with Crippen LogP contribution in [0, 0.1) is 0 Å². The molecule has 1 aliphatic rings. The molecule has 0 fully saturated rings. The van der Waals surface area contributed by atoms with E-state index in [1.165, 1.54) is 0 Å². The quantitative estimate of drug-likeness (QED) is 0.480. The Balaban J connectivity index is 1.93. The van der Waals surface area contributed by atoms with E-state index in [2.05, 4.69) is 0 Å². The molecule has 106 valence electrons. The van der Waals surface area contributed by atoms with E-state index in [9.17, 15) is 4.79 Å². The topological polar surface area (TPSA) is 29.5 Å². The summed E-state index contributed by atoms with van der Waals surface area (Å²) in [4.78, 5) is 14.1. The van der Waals surface area contributed by atoms with E-state index in [1.807, 2.05) is 73.6 Å². The highest BCUT2D eigenvalue weighted by Crippen LogP contribution is 2.32. The average Bonchev–Trinajstić information content (AvgIpc) is 2.48. The van der Waals surface area contributed by atoms with Crippen molar-refractivity contribution in [3.05, 3.63) is 65.2 Å². The fourth-order valence-electron chi connectivity index (χ4n) is 2.37. The first-order valence-corrected chi connectivity index (χ1v) is 6.91. The molecular weight excluding hydrogens is 262 g/mol. The van der Waals surface area contributed by atoms with Gasteiger partial charge in [-0.15, -0.1) is 0 Å². The summed E-state index contributed by atoms with van der Waals surface area (Å²) in [5.74, 6) is 0.402. The zero-order chi connectivity index (χ0) is 14.8. The summed E-state index contributed by atoms with van der Waals surface area (Å²) in [6.07, 6.45) is 2.50. The molecule has 0 saturated heterocycles. The maximum Gasteiger partial charge on any atom is 0.339 e. The van der Waals surface area contributed by atoms with E-state index in [0.29, 0.717) is 17.7 Å². The minimum absolute atomic E-state index is 0.262. The molecule has 0 unspecified atom stereocenters. The molecule has 0 bridgehead atoms. The van der Waals surface area contributed by atoms with Crippen LogP contribution in [0.1, 0.15) is 11.1 Å². The van der Waals surface area contributed by atoms with Gasteiger partial charge in [-0.2, -0.15) is 0 Å². The predicted octanol–water partition coefficient (Wildman–Crippen LogP) is 3.30. The molecule has 2 aromatic rings. The summed E-state index contributed by atoms with van der Waals surface area (Å²) < 4.78 is 5.47. The van der Waals surface area contributed by atoms with Crippen molar-refractivity contribution in [2.24, 2.45) is 0 Å². The van der Waals surface area contributed by atoms with Gasteiger partial charge in [-0.3, -0.25) is 0 Å². The fraction of sp³-hybridized carbons (Fsp3) is 0.167. The van der Waals surface area contributed by atoms with E-state index < -0.39 is 0 Å². The Bertz CT molecular complexity index is 702. The van der Waals surface area contributed by atoms with Gasteiger partial charge in [-0.25, -0.2) is 4.79 Å². The first-order chi connectivity index (χ1) is 10.1. The zero-order valence-corrected chi connectivity index (χ0v) is 12.2. The van der Waals surface area contributed by atoms with Crippen LogP contribution in [0.15, 0.2) is 54.1 Å². The Morgan fingerprint density at radius 1 is 1.10 bits per heavy atom. The Morgan fingerprint density at radius 2 is 1.86 bits per heavy atom. The number of hydrogen-bond acceptors (Lipinski definition) is 3. The molecule has 3 heteroatoms. The van der Waals surface area contributed by atoms with Crippen molar-refractivity contribution in [1.82, 2.24) is 0 Å². The van der Waals surface area contributed by atoms with Crippen LogP contribution < -0.4 is 9.64 Å². The third kappa shape index (κ3) is 2.82. The number of anilines is 1. The van der Waals surface area contributed by atoms with Crippen LogP contribution in [0.25, 0.3) is 6.08 Å². The number of carbonyl (C=O) groups excluding carboxylic acids is 1.